The first-order valence-electron chi connectivity index (χ1n) is 12.4. The molecule has 12 heteroatoms. The maximum absolute atomic E-state index is 13.2. The molecule has 0 radical (unpaired) electrons. The number of carbonyl (C=O) groups excluding carboxylic acids is 3. The second kappa shape index (κ2) is 13.6. The van der Waals surface area contributed by atoms with Gasteiger partial charge in [0.1, 0.15) is 5.75 Å². The van der Waals surface area contributed by atoms with E-state index in [1.807, 2.05) is 0 Å². The van der Waals surface area contributed by atoms with Crippen molar-refractivity contribution in [1.82, 2.24) is 5.32 Å². The highest BCUT2D eigenvalue weighted by Gasteiger charge is 2.29. The number of primary amides is 1. The first kappa shape index (κ1) is 28.7. The quantitative estimate of drug-likeness (QED) is 0.141. The van der Waals surface area contributed by atoms with Crippen LogP contribution in [-0.4, -0.2) is 42.3 Å². The molecule has 3 rings (SSSR count). The number of anilines is 1. The molecule has 0 heterocycles. The maximum Gasteiger partial charge on any atom is 0.248 e. The van der Waals surface area contributed by atoms with Gasteiger partial charge in [0.25, 0.3) is 0 Å². The van der Waals surface area contributed by atoms with Gasteiger partial charge in [0.05, 0.1) is 11.7 Å². The zero-order valence-electron chi connectivity index (χ0n) is 21.0. The number of halogens is 1. The van der Waals surface area contributed by atoms with Gasteiger partial charge in [0.2, 0.25) is 17.7 Å². The molecule has 0 bridgehead atoms. The number of hydrogen-bond donors (Lipinski definition) is 6. The topological polar surface area (TPSA) is 201 Å². The number of amides is 3. The van der Waals surface area contributed by atoms with Crippen molar-refractivity contribution in [3.63, 3.8) is 0 Å². The van der Waals surface area contributed by atoms with Crippen LogP contribution in [-0.2, 0) is 9.59 Å². The van der Waals surface area contributed by atoms with Crippen LogP contribution in [0.1, 0.15) is 48.9 Å². The number of aliphatic imine (C=N–C) groups is 1. The van der Waals surface area contributed by atoms with Crippen LogP contribution in [0.2, 0.25) is 5.02 Å². The van der Waals surface area contributed by atoms with Crippen LogP contribution in [0.5, 0.6) is 11.5 Å². The number of guanidine groups is 1. The number of benzene rings is 2. The molecule has 0 spiro atoms. The second-order valence-corrected chi connectivity index (χ2v) is 9.68. The molecule has 0 saturated heterocycles. The fraction of sp³-hybridized carbons (Fsp3) is 0.385. The van der Waals surface area contributed by atoms with E-state index in [1.54, 1.807) is 30.3 Å². The summed E-state index contributed by atoms with van der Waals surface area (Å²) in [5, 5.41) is 6.35. The Morgan fingerprint density at radius 3 is 2.61 bits per heavy atom. The fourth-order valence-corrected chi connectivity index (χ4v) is 4.45. The Balaban J connectivity index is 1.62. The Labute approximate surface area is 226 Å². The van der Waals surface area contributed by atoms with Gasteiger partial charge in [-0.1, -0.05) is 24.1 Å². The molecule has 1 fully saturated rings. The Morgan fingerprint density at radius 2 is 1.89 bits per heavy atom. The van der Waals surface area contributed by atoms with Gasteiger partial charge < -0.3 is 38.3 Å². The molecule has 38 heavy (non-hydrogen) atoms. The summed E-state index contributed by atoms with van der Waals surface area (Å²) in [5.74, 6) is -0.746. The van der Waals surface area contributed by atoms with E-state index < -0.39 is 11.9 Å². The van der Waals surface area contributed by atoms with E-state index in [0.29, 0.717) is 48.7 Å². The number of hydrogen-bond acceptors (Lipinski definition) is 6. The molecular weight excluding hydrogens is 510 g/mol. The summed E-state index contributed by atoms with van der Waals surface area (Å²) in [5.41, 5.74) is 22.7. The lowest BCUT2D eigenvalue weighted by Crippen LogP contribution is -2.47. The van der Waals surface area contributed by atoms with Crippen LogP contribution < -0.4 is 38.3 Å². The van der Waals surface area contributed by atoms with Gasteiger partial charge in [-0.05, 0) is 68.5 Å². The molecule has 3 amide bonds. The largest absolute Gasteiger partial charge is 0.455 e. The van der Waals surface area contributed by atoms with Crippen LogP contribution in [0.15, 0.2) is 47.5 Å². The lowest BCUT2D eigenvalue weighted by molar-refractivity contribution is -0.125. The fourth-order valence-electron chi connectivity index (χ4n) is 4.27. The van der Waals surface area contributed by atoms with E-state index in [4.69, 9.17) is 39.3 Å². The van der Waals surface area contributed by atoms with E-state index in [2.05, 4.69) is 15.6 Å². The molecule has 1 aliphatic rings. The summed E-state index contributed by atoms with van der Waals surface area (Å²) in [6.07, 6.45) is 3.70. The molecule has 2 aromatic carbocycles. The summed E-state index contributed by atoms with van der Waals surface area (Å²) in [6, 6.07) is 10.4. The van der Waals surface area contributed by atoms with Crippen molar-refractivity contribution in [1.29, 1.82) is 0 Å². The van der Waals surface area contributed by atoms with Gasteiger partial charge in [-0.15, -0.1) is 0 Å². The summed E-state index contributed by atoms with van der Waals surface area (Å²) >= 11 is 6.05. The normalized spacial score (nSPS) is 17.6. The highest BCUT2D eigenvalue weighted by Crippen LogP contribution is 2.33. The van der Waals surface area contributed by atoms with Crippen LogP contribution >= 0.6 is 11.6 Å². The van der Waals surface area contributed by atoms with Crippen LogP contribution in [0.25, 0.3) is 0 Å². The van der Waals surface area contributed by atoms with E-state index >= 15 is 0 Å². The second-order valence-electron chi connectivity index (χ2n) is 9.25. The third kappa shape index (κ3) is 8.63. The van der Waals surface area contributed by atoms with Crippen LogP contribution in [0.3, 0.4) is 0 Å². The minimum Gasteiger partial charge on any atom is -0.455 e. The first-order chi connectivity index (χ1) is 18.1. The van der Waals surface area contributed by atoms with Crippen molar-refractivity contribution >= 4 is 41.0 Å². The number of ether oxygens (including phenoxy) is 1. The molecule has 11 nitrogen and oxygen atoms in total. The molecule has 1 saturated carbocycles. The standard InChI is InChI=1S/C26H34ClN7O4/c27-17-5-2-7-19(14-17)38-22-13-15(23(29)35)9-10-21(22)34-24(36)16-4-1-6-18(12-16)33-25(37)20(28)8-3-11-32-26(30)31/h2,5,7,9-10,13-14,16,18,20H,1,3-4,6,8,11-12,28H2,(H2,29,35)(H,33,37)(H,34,36)(H4,30,31,32)/t16-,18+,20-/m0/s1. The molecule has 3 atom stereocenters. The van der Waals surface area contributed by atoms with Crippen molar-refractivity contribution in [2.75, 3.05) is 11.9 Å². The van der Waals surface area contributed by atoms with Crippen molar-refractivity contribution in [3.05, 3.63) is 53.1 Å². The highest BCUT2D eigenvalue weighted by molar-refractivity contribution is 6.30. The van der Waals surface area contributed by atoms with Crippen molar-refractivity contribution in [2.24, 2.45) is 33.8 Å². The Bertz CT molecular complexity index is 1190. The lowest BCUT2D eigenvalue weighted by Gasteiger charge is -2.30. The maximum atomic E-state index is 13.2. The zero-order valence-corrected chi connectivity index (χ0v) is 21.7. The molecule has 0 unspecified atom stereocenters. The first-order valence-corrected chi connectivity index (χ1v) is 12.8. The van der Waals surface area contributed by atoms with Crippen molar-refractivity contribution in [3.8, 4) is 11.5 Å². The SMILES string of the molecule is NC(=O)c1ccc(NC(=O)[C@H]2CCC[C@@H](NC(=O)[C@@H](N)CCCN=C(N)N)C2)c(Oc2cccc(Cl)c2)c1. The predicted molar refractivity (Wildman–Crippen MR) is 147 cm³/mol. The number of rotatable bonds is 11. The molecule has 2 aromatic rings. The Kier molecular flexibility index (Phi) is 10.3. The Hall–Kier alpha value is -3.83. The van der Waals surface area contributed by atoms with E-state index in [9.17, 15) is 14.4 Å². The van der Waals surface area contributed by atoms with Gasteiger partial charge in [0.15, 0.2) is 11.7 Å². The monoisotopic (exact) mass is 543 g/mol. The van der Waals surface area contributed by atoms with Crippen LogP contribution in [0.4, 0.5) is 5.69 Å². The lowest BCUT2D eigenvalue weighted by atomic mass is 9.85. The average Bonchev–Trinajstić information content (AvgIpc) is 2.87. The molecule has 1 aliphatic carbocycles. The summed E-state index contributed by atoms with van der Waals surface area (Å²) in [4.78, 5) is 41.3. The summed E-state index contributed by atoms with van der Waals surface area (Å²) in [7, 11) is 0. The van der Waals surface area contributed by atoms with Gasteiger partial charge in [0, 0.05) is 29.1 Å². The molecular formula is C26H34ClN7O4. The van der Waals surface area contributed by atoms with Gasteiger partial charge in [-0.2, -0.15) is 0 Å². The van der Waals surface area contributed by atoms with Gasteiger partial charge in [-0.25, -0.2) is 0 Å². The zero-order chi connectivity index (χ0) is 27.7. The summed E-state index contributed by atoms with van der Waals surface area (Å²) < 4.78 is 5.92. The minimum absolute atomic E-state index is 0.00139. The third-order valence-corrected chi connectivity index (χ3v) is 6.48. The van der Waals surface area contributed by atoms with E-state index in [-0.39, 0.29) is 41.0 Å². The van der Waals surface area contributed by atoms with Crippen molar-refractivity contribution < 1.29 is 19.1 Å². The smallest absolute Gasteiger partial charge is 0.248 e. The van der Waals surface area contributed by atoms with Gasteiger partial charge in [-0.3, -0.25) is 19.4 Å². The molecule has 0 aliphatic heterocycles. The van der Waals surface area contributed by atoms with E-state index in [0.717, 1.165) is 12.8 Å². The molecule has 204 valence electrons. The Morgan fingerprint density at radius 1 is 1.11 bits per heavy atom. The average molecular weight is 544 g/mol. The molecule has 0 aromatic heterocycles. The van der Waals surface area contributed by atoms with E-state index in [1.165, 1.54) is 12.1 Å². The van der Waals surface area contributed by atoms with Crippen molar-refractivity contribution in [2.45, 2.75) is 50.6 Å². The molecule has 10 N–H and O–H groups in total. The number of nitrogens with zero attached hydrogens (tertiary/aromatic N) is 1. The number of nitrogens with one attached hydrogen (secondary N) is 2. The predicted octanol–water partition coefficient (Wildman–Crippen LogP) is 2.23. The summed E-state index contributed by atoms with van der Waals surface area (Å²) in [6.45, 7) is 0.401. The van der Waals surface area contributed by atoms with Crippen LogP contribution in [0, 0.1) is 5.92 Å². The number of carbonyl (C=O) groups is 3. The third-order valence-electron chi connectivity index (χ3n) is 6.24. The van der Waals surface area contributed by atoms with Gasteiger partial charge >= 0.3 is 0 Å². The minimum atomic E-state index is -0.687. The highest BCUT2D eigenvalue weighted by atomic mass is 35.5. The number of nitrogens with two attached hydrogens (primary N) is 4.